The van der Waals surface area contributed by atoms with E-state index in [-0.39, 0.29) is 17.7 Å². The van der Waals surface area contributed by atoms with E-state index < -0.39 is 26.8 Å². The highest BCUT2D eigenvalue weighted by molar-refractivity contribution is 7.91. The summed E-state index contributed by atoms with van der Waals surface area (Å²) in [6, 6.07) is -0.219. The Bertz CT molecular complexity index is 708. The molecule has 1 aromatic rings. The number of rotatable bonds is 4. The summed E-state index contributed by atoms with van der Waals surface area (Å²) < 4.78 is 34.8. The smallest absolute Gasteiger partial charge is 0.410 e. The Hall–Kier alpha value is -1.64. The summed E-state index contributed by atoms with van der Waals surface area (Å²) in [6.07, 6.45) is 1.94. The molecule has 1 fully saturated rings. The van der Waals surface area contributed by atoms with Gasteiger partial charge in [0.05, 0.1) is 5.75 Å². The number of carbonyl (C=O) groups is 1. The summed E-state index contributed by atoms with van der Waals surface area (Å²) in [6.45, 7) is 7.26. The first kappa shape index (κ1) is 19.7. The van der Waals surface area contributed by atoms with Crippen molar-refractivity contribution >= 4 is 15.9 Å². The SMILES string of the molecule is C[C@@H](Cc1noc([C@H]2CCCCS2(=O)=O)n1)N(C)C(=O)OC(C)(C)C. The number of likely N-dealkylation sites (N-methyl/N-ethyl adjacent to an activating group) is 1. The van der Waals surface area contributed by atoms with E-state index in [9.17, 15) is 13.2 Å². The van der Waals surface area contributed by atoms with E-state index in [1.54, 1.807) is 27.8 Å². The molecule has 2 atom stereocenters. The Kier molecular flexibility index (Phi) is 5.75. The molecule has 0 aromatic carbocycles. The van der Waals surface area contributed by atoms with E-state index in [4.69, 9.17) is 9.26 Å². The van der Waals surface area contributed by atoms with Gasteiger partial charge in [-0.15, -0.1) is 0 Å². The molecule has 1 aliphatic rings. The predicted octanol–water partition coefficient (Wildman–Crippen LogP) is 2.51. The van der Waals surface area contributed by atoms with Crippen molar-refractivity contribution in [2.24, 2.45) is 0 Å². The molecular formula is C16H27N3O5S. The van der Waals surface area contributed by atoms with Crippen molar-refractivity contribution in [2.75, 3.05) is 12.8 Å². The zero-order valence-corrected chi connectivity index (χ0v) is 16.3. The van der Waals surface area contributed by atoms with Gasteiger partial charge in [0.25, 0.3) is 0 Å². The van der Waals surface area contributed by atoms with Crippen LogP contribution >= 0.6 is 0 Å². The van der Waals surface area contributed by atoms with E-state index in [1.165, 1.54) is 4.90 Å². The molecule has 1 amide bonds. The number of ether oxygens (including phenoxy) is 1. The average molecular weight is 373 g/mol. The van der Waals surface area contributed by atoms with Gasteiger partial charge < -0.3 is 14.2 Å². The number of nitrogens with zero attached hydrogens (tertiary/aromatic N) is 3. The predicted molar refractivity (Wildman–Crippen MR) is 91.8 cm³/mol. The van der Waals surface area contributed by atoms with E-state index in [0.29, 0.717) is 25.1 Å². The monoisotopic (exact) mass is 373 g/mol. The Balaban J connectivity index is 2.02. The lowest BCUT2D eigenvalue weighted by Gasteiger charge is -2.28. The number of amides is 1. The van der Waals surface area contributed by atoms with Crippen LogP contribution in [0.15, 0.2) is 4.52 Å². The third-order valence-corrected chi connectivity index (χ3v) is 6.32. The lowest BCUT2D eigenvalue weighted by Crippen LogP contribution is -2.40. The summed E-state index contributed by atoms with van der Waals surface area (Å²) >= 11 is 0. The molecule has 0 aliphatic carbocycles. The van der Waals surface area contributed by atoms with Crippen molar-refractivity contribution < 1.29 is 22.5 Å². The van der Waals surface area contributed by atoms with Crippen molar-refractivity contribution in [3.8, 4) is 0 Å². The Morgan fingerprint density at radius 2 is 2.08 bits per heavy atom. The van der Waals surface area contributed by atoms with E-state index in [1.807, 2.05) is 6.92 Å². The third kappa shape index (κ3) is 5.17. The molecule has 1 aromatic heterocycles. The van der Waals surface area contributed by atoms with Crippen molar-refractivity contribution in [3.05, 3.63) is 11.7 Å². The Labute approximate surface area is 148 Å². The first-order chi connectivity index (χ1) is 11.5. The third-order valence-electron chi connectivity index (χ3n) is 4.16. The number of aromatic nitrogens is 2. The number of sulfone groups is 1. The van der Waals surface area contributed by atoms with Gasteiger partial charge in [-0.1, -0.05) is 11.6 Å². The lowest BCUT2D eigenvalue weighted by molar-refractivity contribution is 0.0234. The summed E-state index contributed by atoms with van der Waals surface area (Å²) in [5.74, 6) is 0.702. The van der Waals surface area contributed by atoms with Crippen LogP contribution in [0.25, 0.3) is 0 Å². The quantitative estimate of drug-likeness (QED) is 0.799. The molecule has 2 rings (SSSR count). The second-order valence-corrected chi connectivity index (χ2v) is 9.85. The molecule has 142 valence electrons. The molecule has 0 spiro atoms. The zero-order valence-electron chi connectivity index (χ0n) is 15.5. The first-order valence-corrected chi connectivity index (χ1v) is 10.2. The van der Waals surface area contributed by atoms with Gasteiger partial charge in [-0.2, -0.15) is 4.98 Å². The molecule has 0 radical (unpaired) electrons. The van der Waals surface area contributed by atoms with Crippen LogP contribution in [0.3, 0.4) is 0 Å². The molecule has 1 saturated heterocycles. The normalized spacial score (nSPS) is 21.6. The fraction of sp³-hybridized carbons (Fsp3) is 0.812. The highest BCUT2D eigenvalue weighted by Gasteiger charge is 2.35. The molecule has 9 heteroatoms. The maximum atomic E-state index is 12.1. The van der Waals surface area contributed by atoms with Gasteiger partial charge in [0.1, 0.15) is 10.9 Å². The standard InChI is InChI=1S/C16H27N3O5S/c1-11(19(5)15(20)23-16(2,3)4)10-13-17-14(24-18-13)12-8-6-7-9-25(12,21)22/h11-12H,6-10H2,1-5H3/t11-,12+/m0/s1. The van der Waals surface area contributed by atoms with E-state index in [0.717, 1.165) is 6.42 Å². The number of carbonyl (C=O) groups excluding carboxylic acids is 1. The van der Waals surface area contributed by atoms with Crippen LogP contribution in [-0.2, 0) is 21.0 Å². The highest BCUT2D eigenvalue weighted by atomic mass is 32.2. The van der Waals surface area contributed by atoms with Crippen molar-refractivity contribution in [1.82, 2.24) is 15.0 Å². The van der Waals surface area contributed by atoms with Gasteiger partial charge in [-0.25, -0.2) is 13.2 Å². The maximum absolute atomic E-state index is 12.1. The van der Waals surface area contributed by atoms with Crippen molar-refractivity contribution in [2.45, 2.75) is 70.3 Å². The van der Waals surface area contributed by atoms with Crippen LogP contribution in [0.5, 0.6) is 0 Å². The molecular weight excluding hydrogens is 346 g/mol. The second-order valence-electron chi connectivity index (χ2n) is 7.54. The van der Waals surface area contributed by atoms with Gasteiger partial charge in [-0.05, 0) is 40.5 Å². The van der Waals surface area contributed by atoms with E-state index in [2.05, 4.69) is 10.1 Å². The zero-order chi connectivity index (χ0) is 18.8. The molecule has 1 aliphatic heterocycles. The van der Waals surface area contributed by atoms with Crippen LogP contribution in [0.2, 0.25) is 0 Å². The van der Waals surface area contributed by atoms with Gasteiger partial charge in [0.15, 0.2) is 15.7 Å². The minimum Gasteiger partial charge on any atom is -0.444 e. The lowest BCUT2D eigenvalue weighted by atomic mass is 10.2. The molecule has 0 bridgehead atoms. The topological polar surface area (TPSA) is 103 Å². The highest BCUT2D eigenvalue weighted by Crippen LogP contribution is 2.32. The summed E-state index contributed by atoms with van der Waals surface area (Å²) in [5, 5.41) is 3.18. The average Bonchev–Trinajstić information content (AvgIpc) is 2.92. The summed E-state index contributed by atoms with van der Waals surface area (Å²) in [5.41, 5.74) is -0.570. The number of hydrogen-bond donors (Lipinski definition) is 0. The van der Waals surface area contributed by atoms with Crippen LogP contribution < -0.4 is 0 Å². The van der Waals surface area contributed by atoms with Gasteiger partial charge >= 0.3 is 6.09 Å². The van der Waals surface area contributed by atoms with Gasteiger partial charge in [-0.3, -0.25) is 0 Å². The number of hydrogen-bond acceptors (Lipinski definition) is 7. The van der Waals surface area contributed by atoms with Crippen LogP contribution in [-0.4, -0.2) is 54.0 Å². The molecule has 2 heterocycles. The van der Waals surface area contributed by atoms with Crippen molar-refractivity contribution in [1.29, 1.82) is 0 Å². The maximum Gasteiger partial charge on any atom is 0.410 e. The summed E-state index contributed by atoms with van der Waals surface area (Å²) in [4.78, 5) is 17.8. The Morgan fingerprint density at radius 3 is 2.68 bits per heavy atom. The molecule has 25 heavy (non-hydrogen) atoms. The first-order valence-electron chi connectivity index (χ1n) is 8.49. The second kappa shape index (κ2) is 7.31. The van der Waals surface area contributed by atoms with Gasteiger partial charge in [0, 0.05) is 19.5 Å². The van der Waals surface area contributed by atoms with Crippen LogP contribution in [0.1, 0.15) is 63.9 Å². The fourth-order valence-corrected chi connectivity index (χ4v) is 4.45. The molecule has 8 nitrogen and oxygen atoms in total. The minimum absolute atomic E-state index is 0.154. The molecule has 0 unspecified atom stereocenters. The molecule has 0 N–H and O–H groups in total. The van der Waals surface area contributed by atoms with Gasteiger partial charge in [0.2, 0.25) is 5.89 Å². The fourth-order valence-electron chi connectivity index (χ4n) is 2.63. The van der Waals surface area contributed by atoms with Crippen LogP contribution in [0, 0.1) is 0 Å². The van der Waals surface area contributed by atoms with Crippen molar-refractivity contribution in [3.63, 3.8) is 0 Å². The molecule has 0 saturated carbocycles. The minimum atomic E-state index is -3.22. The van der Waals surface area contributed by atoms with E-state index >= 15 is 0 Å². The van der Waals surface area contributed by atoms with Crippen LogP contribution in [0.4, 0.5) is 4.79 Å². The Morgan fingerprint density at radius 1 is 1.40 bits per heavy atom. The summed E-state index contributed by atoms with van der Waals surface area (Å²) in [7, 11) is -1.58. The largest absolute Gasteiger partial charge is 0.444 e.